The van der Waals surface area contributed by atoms with Crippen molar-refractivity contribution in [2.24, 2.45) is 0 Å². The molecule has 0 amide bonds. The molecule has 7 nitrogen and oxygen atoms in total. The lowest BCUT2D eigenvalue weighted by molar-refractivity contribution is -0.0837. The maximum Gasteiger partial charge on any atom is 0.341 e. The van der Waals surface area contributed by atoms with E-state index in [0.29, 0.717) is 0 Å². The van der Waals surface area contributed by atoms with Gasteiger partial charge in [0.05, 0.1) is 13.2 Å². The molecule has 0 aromatic carbocycles. The van der Waals surface area contributed by atoms with Gasteiger partial charge < -0.3 is 29.6 Å². The van der Waals surface area contributed by atoms with Crippen molar-refractivity contribution >= 4 is 5.97 Å². The van der Waals surface area contributed by atoms with E-state index in [1.54, 1.807) is 6.92 Å². The number of carbonyl (C=O) groups excluding carboxylic acids is 1. The smallest absolute Gasteiger partial charge is 0.341 e. The summed E-state index contributed by atoms with van der Waals surface area (Å²) in [6, 6.07) is 1.24. The predicted octanol–water partition coefficient (Wildman–Crippen LogP) is -0.488. The fraction of sp³-hybridized carbons (Fsp3) is 0.583. The van der Waals surface area contributed by atoms with Crippen LogP contribution in [0.15, 0.2) is 10.5 Å². The van der Waals surface area contributed by atoms with E-state index in [2.05, 4.69) is 0 Å². The first-order valence-corrected chi connectivity index (χ1v) is 5.84. The van der Waals surface area contributed by atoms with Crippen molar-refractivity contribution in [2.45, 2.75) is 32.2 Å². The predicted molar refractivity (Wildman–Crippen MR) is 63.5 cm³/mol. The molecule has 3 atom stereocenters. The molecular formula is C12H18O7. The normalized spacial score (nSPS) is 15.9. The summed E-state index contributed by atoms with van der Waals surface area (Å²) in [4.78, 5) is 11.5. The highest BCUT2D eigenvalue weighted by Crippen LogP contribution is 2.25. The van der Waals surface area contributed by atoms with E-state index in [9.17, 15) is 20.1 Å². The molecule has 0 fully saturated rings. The second-order valence-corrected chi connectivity index (χ2v) is 4.02. The van der Waals surface area contributed by atoms with Crippen LogP contribution in [0.25, 0.3) is 0 Å². The zero-order chi connectivity index (χ0) is 14.6. The van der Waals surface area contributed by atoms with Crippen LogP contribution in [0, 0.1) is 6.92 Å². The number of aryl methyl sites for hydroxylation is 1. The van der Waals surface area contributed by atoms with Gasteiger partial charge in [-0.1, -0.05) is 0 Å². The average molecular weight is 274 g/mol. The lowest BCUT2D eigenvalue weighted by Crippen LogP contribution is -2.34. The molecule has 108 valence electrons. The van der Waals surface area contributed by atoms with Gasteiger partial charge in [0.15, 0.2) is 0 Å². The molecule has 1 aromatic heterocycles. The van der Waals surface area contributed by atoms with Crippen LogP contribution >= 0.6 is 0 Å². The molecule has 19 heavy (non-hydrogen) atoms. The maximum absolute atomic E-state index is 11.5. The molecule has 4 N–H and O–H groups in total. The van der Waals surface area contributed by atoms with E-state index in [1.807, 2.05) is 0 Å². The Bertz CT molecular complexity index is 426. The third-order valence-corrected chi connectivity index (χ3v) is 2.63. The van der Waals surface area contributed by atoms with Crippen molar-refractivity contribution in [3.63, 3.8) is 0 Å². The number of aliphatic hydroxyl groups excluding tert-OH is 4. The number of rotatable bonds is 6. The van der Waals surface area contributed by atoms with Crippen LogP contribution in [-0.4, -0.2) is 51.8 Å². The first-order chi connectivity index (χ1) is 8.92. The summed E-state index contributed by atoms with van der Waals surface area (Å²) >= 11 is 0. The molecule has 1 aromatic rings. The minimum absolute atomic E-state index is 0.0828. The Labute approximate surface area is 110 Å². The third kappa shape index (κ3) is 3.54. The van der Waals surface area contributed by atoms with Crippen molar-refractivity contribution in [1.82, 2.24) is 0 Å². The van der Waals surface area contributed by atoms with Gasteiger partial charge in [0.2, 0.25) is 0 Å². The minimum atomic E-state index is -1.62. The fourth-order valence-electron chi connectivity index (χ4n) is 1.55. The Morgan fingerprint density at radius 2 is 2.05 bits per heavy atom. The summed E-state index contributed by atoms with van der Waals surface area (Å²) in [6.45, 7) is 2.66. The van der Waals surface area contributed by atoms with Crippen molar-refractivity contribution in [3.05, 3.63) is 23.2 Å². The summed E-state index contributed by atoms with van der Waals surface area (Å²) in [5.74, 6) is -0.446. The number of carbonyl (C=O) groups is 1. The molecule has 7 heteroatoms. The van der Waals surface area contributed by atoms with Gasteiger partial charge in [0.25, 0.3) is 0 Å². The monoisotopic (exact) mass is 274 g/mol. The van der Waals surface area contributed by atoms with Gasteiger partial charge in [0.1, 0.15) is 35.4 Å². The molecule has 0 aliphatic rings. The van der Waals surface area contributed by atoms with Crippen LogP contribution in [0.2, 0.25) is 0 Å². The lowest BCUT2D eigenvalue weighted by Gasteiger charge is -2.19. The van der Waals surface area contributed by atoms with Gasteiger partial charge in [-0.05, 0) is 19.9 Å². The number of esters is 1. The Morgan fingerprint density at radius 1 is 1.42 bits per heavy atom. The number of furan rings is 1. The zero-order valence-corrected chi connectivity index (χ0v) is 10.7. The Balaban J connectivity index is 2.91. The second kappa shape index (κ2) is 6.67. The summed E-state index contributed by atoms with van der Waals surface area (Å²) in [6.07, 6.45) is -4.68. The average Bonchev–Trinajstić information content (AvgIpc) is 2.78. The largest absolute Gasteiger partial charge is 0.463 e. The van der Waals surface area contributed by atoms with E-state index in [0.717, 1.165) is 0 Å². The first kappa shape index (κ1) is 15.6. The van der Waals surface area contributed by atoms with Gasteiger partial charge in [-0.3, -0.25) is 0 Å². The van der Waals surface area contributed by atoms with E-state index in [4.69, 9.17) is 14.3 Å². The van der Waals surface area contributed by atoms with Crippen LogP contribution in [0.1, 0.15) is 34.9 Å². The van der Waals surface area contributed by atoms with E-state index < -0.39 is 30.9 Å². The van der Waals surface area contributed by atoms with Crippen LogP contribution in [0.5, 0.6) is 0 Å². The quantitative estimate of drug-likeness (QED) is 0.517. The van der Waals surface area contributed by atoms with Crippen LogP contribution in [0.4, 0.5) is 0 Å². The topological polar surface area (TPSA) is 120 Å². The molecule has 0 spiro atoms. The van der Waals surface area contributed by atoms with Crippen molar-refractivity contribution in [2.75, 3.05) is 13.2 Å². The van der Waals surface area contributed by atoms with Crippen molar-refractivity contribution < 1.29 is 34.4 Å². The van der Waals surface area contributed by atoms with E-state index in [-0.39, 0.29) is 23.7 Å². The second-order valence-electron chi connectivity index (χ2n) is 4.02. The van der Waals surface area contributed by atoms with Crippen molar-refractivity contribution in [1.29, 1.82) is 0 Å². The molecule has 0 saturated heterocycles. The van der Waals surface area contributed by atoms with Gasteiger partial charge in [-0.25, -0.2) is 4.79 Å². The molecule has 0 saturated carbocycles. The first-order valence-electron chi connectivity index (χ1n) is 5.84. The zero-order valence-electron chi connectivity index (χ0n) is 10.7. The molecule has 0 unspecified atom stereocenters. The Kier molecular flexibility index (Phi) is 5.49. The number of hydrogen-bond acceptors (Lipinski definition) is 7. The van der Waals surface area contributed by atoms with Gasteiger partial charge >= 0.3 is 5.97 Å². The molecule has 0 radical (unpaired) electrons. The third-order valence-electron chi connectivity index (χ3n) is 2.63. The molecule has 0 aliphatic carbocycles. The minimum Gasteiger partial charge on any atom is -0.463 e. The maximum atomic E-state index is 11.5. The molecular weight excluding hydrogens is 256 g/mol. The Hall–Kier alpha value is -1.41. The molecule has 0 bridgehead atoms. The number of ether oxygens (including phenoxy) is 1. The van der Waals surface area contributed by atoms with Gasteiger partial charge in [-0.15, -0.1) is 0 Å². The molecule has 1 rings (SSSR count). The summed E-state index contributed by atoms with van der Waals surface area (Å²) in [5.41, 5.74) is 0.140. The van der Waals surface area contributed by atoms with Gasteiger partial charge in [-0.2, -0.15) is 0 Å². The van der Waals surface area contributed by atoms with Crippen LogP contribution < -0.4 is 0 Å². The van der Waals surface area contributed by atoms with E-state index in [1.165, 1.54) is 13.0 Å². The lowest BCUT2D eigenvalue weighted by atomic mass is 10.1. The summed E-state index contributed by atoms with van der Waals surface area (Å²) < 4.78 is 9.95. The Morgan fingerprint density at radius 3 is 2.58 bits per heavy atom. The summed E-state index contributed by atoms with van der Waals surface area (Å²) in [5, 5.41) is 37.2. The van der Waals surface area contributed by atoms with Gasteiger partial charge in [0, 0.05) is 0 Å². The van der Waals surface area contributed by atoms with Crippen LogP contribution in [-0.2, 0) is 4.74 Å². The summed E-state index contributed by atoms with van der Waals surface area (Å²) in [7, 11) is 0. The highest BCUT2D eigenvalue weighted by atomic mass is 16.5. The molecule has 0 aliphatic heterocycles. The molecule has 1 heterocycles. The number of hydrogen-bond donors (Lipinski definition) is 4. The standard InChI is InChI=1S/C12H18O7/c1-3-18-12(17)7-4-9(19-6(7)2)11(16)10(15)8(14)5-13/h4,8,10-11,13-16H,3,5H2,1-2H3/t8-,10+,11-/m0/s1. The SMILES string of the molecule is CCOC(=O)c1cc([C@H](O)[C@H](O)[C@@H](O)CO)oc1C. The highest BCUT2D eigenvalue weighted by molar-refractivity contribution is 5.90. The fourth-order valence-corrected chi connectivity index (χ4v) is 1.55. The highest BCUT2D eigenvalue weighted by Gasteiger charge is 2.29. The number of aliphatic hydroxyl groups is 4. The van der Waals surface area contributed by atoms with E-state index >= 15 is 0 Å². The van der Waals surface area contributed by atoms with Crippen molar-refractivity contribution in [3.8, 4) is 0 Å². The van der Waals surface area contributed by atoms with Crippen LogP contribution in [0.3, 0.4) is 0 Å².